The summed E-state index contributed by atoms with van der Waals surface area (Å²) in [6, 6.07) is 19.1. The first kappa shape index (κ1) is 20.2. The highest BCUT2D eigenvalue weighted by molar-refractivity contribution is 5.85. The molecule has 0 fully saturated rings. The van der Waals surface area contributed by atoms with Gasteiger partial charge in [-0.1, -0.05) is 49.0 Å². The Kier molecular flexibility index (Phi) is 5.41. The lowest BCUT2D eigenvalue weighted by Gasteiger charge is -2.17. The van der Waals surface area contributed by atoms with E-state index in [9.17, 15) is 9.18 Å². The summed E-state index contributed by atoms with van der Waals surface area (Å²) in [4.78, 5) is 12.5. The van der Waals surface area contributed by atoms with Crippen LogP contribution in [0.3, 0.4) is 0 Å². The van der Waals surface area contributed by atoms with E-state index >= 15 is 0 Å². The molecule has 0 aliphatic rings. The monoisotopic (exact) mass is 417 g/mol. The maximum absolute atomic E-state index is 14.5. The van der Waals surface area contributed by atoms with Gasteiger partial charge in [0.05, 0.1) is 25.5 Å². The zero-order chi connectivity index (χ0) is 22.0. The Balaban J connectivity index is 1.96. The third-order valence-corrected chi connectivity index (χ3v) is 4.98. The summed E-state index contributed by atoms with van der Waals surface area (Å²) in [6.45, 7) is 4.22. The van der Waals surface area contributed by atoms with Crippen LogP contribution in [0.15, 0.2) is 78.1 Å². The number of halogens is 1. The number of para-hydroxylation sites is 1. The Hall–Kier alpha value is -4.13. The summed E-state index contributed by atoms with van der Waals surface area (Å²) >= 11 is 0. The minimum atomic E-state index is -0.568. The van der Waals surface area contributed by atoms with E-state index < -0.39 is 11.5 Å². The Labute approximate surface area is 178 Å². The normalized spacial score (nSPS) is 10.7. The standard InChI is InChI=1S/C24H20FN3O3/c1-15(16-9-5-4-6-10-16)17-13-18(22(31-3)14-21(17)30-2)23-26-27-24(29)28(23)20-12-8-7-11-19(20)25/h4-14H,1H2,2-3H3,(H,27,29). The van der Waals surface area contributed by atoms with Crippen LogP contribution in [0, 0.1) is 5.82 Å². The molecule has 3 aromatic carbocycles. The lowest BCUT2D eigenvalue weighted by atomic mass is 9.96. The molecule has 0 radical (unpaired) electrons. The number of rotatable bonds is 6. The molecule has 0 bridgehead atoms. The molecule has 1 heterocycles. The van der Waals surface area contributed by atoms with Crippen molar-refractivity contribution < 1.29 is 13.9 Å². The van der Waals surface area contributed by atoms with Crippen LogP contribution < -0.4 is 15.2 Å². The lowest BCUT2D eigenvalue weighted by Crippen LogP contribution is -2.17. The first-order valence-corrected chi connectivity index (χ1v) is 9.48. The first-order valence-electron chi connectivity index (χ1n) is 9.48. The van der Waals surface area contributed by atoms with Gasteiger partial charge in [0, 0.05) is 11.6 Å². The summed E-state index contributed by atoms with van der Waals surface area (Å²) in [5.74, 6) is 0.619. The number of benzene rings is 3. The third-order valence-electron chi connectivity index (χ3n) is 4.98. The van der Waals surface area contributed by atoms with Gasteiger partial charge in [-0.05, 0) is 29.3 Å². The van der Waals surface area contributed by atoms with Crippen molar-refractivity contribution in [2.24, 2.45) is 0 Å². The molecule has 0 unspecified atom stereocenters. The van der Waals surface area contributed by atoms with Crippen LogP contribution in [0.25, 0.3) is 22.6 Å². The van der Waals surface area contributed by atoms with E-state index in [1.807, 2.05) is 30.3 Å². The molecule has 0 aliphatic carbocycles. The van der Waals surface area contributed by atoms with Gasteiger partial charge in [0.25, 0.3) is 0 Å². The van der Waals surface area contributed by atoms with Gasteiger partial charge in [0.15, 0.2) is 5.82 Å². The second kappa shape index (κ2) is 8.31. The van der Waals surface area contributed by atoms with Gasteiger partial charge < -0.3 is 9.47 Å². The number of nitrogens with zero attached hydrogens (tertiary/aromatic N) is 2. The average molecular weight is 417 g/mol. The Morgan fingerprint density at radius 3 is 2.35 bits per heavy atom. The van der Waals surface area contributed by atoms with Crippen LogP contribution in [0.5, 0.6) is 11.5 Å². The minimum absolute atomic E-state index is 0.0811. The molecule has 0 aliphatic heterocycles. The summed E-state index contributed by atoms with van der Waals surface area (Å²) in [6.07, 6.45) is 0. The molecular formula is C24H20FN3O3. The first-order chi connectivity index (χ1) is 15.0. The molecule has 0 saturated carbocycles. The molecule has 0 saturated heterocycles. The minimum Gasteiger partial charge on any atom is -0.496 e. The van der Waals surface area contributed by atoms with Crippen molar-refractivity contribution in [1.29, 1.82) is 0 Å². The smallest absolute Gasteiger partial charge is 0.348 e. The van der Waals surface area contributed by atoms with Crippen LogP contribution in [0.1, 0.15) is 11.1 Å². The molecule has 1 aromatic heterocycles. The van der Waals surface area contributed by atoms with Gasteiger partial charge in [-0.3, -0.25) is 0 Å². The number of methoxy groups -OCH3 is 2. The quantitative estimate of drug-likeness (QED) is 0.503. The van der Waals surface area contributed by atoms with Gasteiger partial charge >= 0.3 is 5.69 Å². The SMILES string of the molecule is C=C(c1ccccc1)c1cc(-c2n[nH]c(=O)n2-c2ccccc2F)c(OC)cc1OC. The zero-order valence-corrected chi connectivity index (χ0v) is 17.1. The predicted octanol–water partition coefficient (Wildman–Crippen LogP) is 4.45. The summed E-state index contributed by atoms with van der Waals surface area (Å²) in [7, 11) is 3.06. The molecule has 4 aromatic rings. The molecule has 6 nitrogen and oxygen atoms in total. The summed E-state index contributed by atoms with van der Waals surface area (Å²) < 4.78 is 26.8. The molecule has 0 spiro atoms. The second-order valence-corrected chi connectivity index (χ2v) is 6.74. The van der Waals surface area contributed by atoms with Crippen LogP contribution in [0.2, 0.25) is 0 Å². The molecule has 156 valence electrons. The lowest BCUT2D eigenvalue weighted by molar-refractivity contribution is 0.394. The van der Waals surface area contributed by atoms with Crippen LogP contribution in [-0.2, 0) is 0 Å². The molecule has 1 N–H and O–H groups in total. The van der Waals surface area contributed by atoms with E-state index in [0.29, 0.717) is 22.6 Å². The topological polar surface area (TPSA) is 69.1 Å². The van der Waals surface area contributed by atoms with Gasteiger partial charge in [0.2, 0.25) is 0 Å². The van der Waals surface area contributed by atoms with E-state index in [1.165, 1.54) is 23.8 Å². The Morgan fingerprint density at radius 2 is 1.68 bits per heavy atom. The van der Waals surface area contributed by atoms with E-state index in [1.54, 1.807) is 31.4 Å². The molecule has 0 atom stereocenters. The fraction of sp³-hybridized carbons (Fsp3) is 0.0833. The highest BCUT2D eigenvalue weighted by Gasteiger charge is 2.22. The van der Waals surface area contributed by atoms with Gasteiger partial charge in [0.1, 0.15) is 17.3 Å². The number of nitrogens with one attached hydrogen (secondary N) is 1. The molecule has 31 heavy (non-hydrogen) atoms. The molecule has 4 rings (SSSR count). The van der Waals surface area contributed by atoms with Crippen molar-refractivity contribution in [1.82, 2.24) is 14.8 Å². The number of hydrogen-bond acceptors (Lipinski definition) is 4. The van der Waals surface area contributed by atoms with Crippen molar-refractivity contribution in [2.75, 3.05) is 14.2 Å². The molecule has 0 amide bonds. The van der Waals surface area contributed by atoms with Crippen LogP contribution in [0.4, 0.5) is 4.39 Å². The highest BCUT2D eigenvalue weighted by Crippen LogP contribution is 2.39. The predicted molar refractivity (Wildman–Crippen MR) is 117 cm³/mol. The van der Waals surface area contributed by atoms with E-state index in [2.05, 4.69) is 16.8 Å². The fourth-order valence-electron chi connectivity index (χ4n) is 3.44. The van der Waals surface area contributed by atoms with Crippen molar-refractivity contribution in [3.8, 4) is 28.6 Å². The Morgan fingerprint density at radius 1 is 1.00 bits per heavy atom. The van der Waals surface area contributed by atoms with Crippen LogP contribution >= 0.6 is 0 Å². The number of H-pyrrole nitrogens is 1. The van der Waals surface area contributed by atoms with E-state index in [4.69, 9.17) is 9.47 Å². The molecular weight excluding hydrogens is 397 g/mol. The second-order valence-electron chi connectivity index (χ2n) is 6.74. The van der Waals surface area contributed by atoms with E-state index in [0.717, 1.165) is 11.1 Å². The highest BCUT2D eigenvalue weighted by atomic mass is 19.1. The number of aromatic amines is 1. The van der Waals surface area contributed by atoms with Crippen molar-refractivity contribution >= 4 is 5.57 Å². The van der Waals surface area contributed by atoms with Crippen LogP contribution in [-0.4, -0.2) is 29.0 Å². The zero-order valence-electron chi connectivity index (χ0n) is 17.1. The molecule has 7 heteroatoms. The number of aromatic nitrogens is 3. The third kappa shape index (κ3) is 3.61. The maximum atomic E-state index is 14.5. The average Bonchev–Trinajstić information content (AvgIpc) is 3.19. The summed E-state index contributed by atoms with van der Waals surface area (Å²) in [5, 5.41) is 6.55. The van der Waals surface area contributed by atoms with Gasteiger partial charge in [-0.2, -0.15) is 5.10 Å². The van der Waals surface area contributed by atoms with Gasteiger partial charge in [-0.15, -0.1) is 0 Å². The number of ether oxygens (including phenoxy) is 2. The maximum Gasteiger partial charge on any atom is 0.348 e. The van der Waals surface area contributed by atoms with Crippen molar-refractivity contribution in [3.63, 3.8) is 0 Å². The van der Waals surface area contributed by atoms with Crippen molar-refractivity contribution in [3.05, 3.63) is 101 Å². The van der Waals surface area contributed by atoms with E-state index in [-0.39, 0.29) is 11.5 Å². The van der Waals surface area contributed by atoms with Gasteiger partial charge in [-0.25, -0.2) is 18.9 Å². The van der Waals surface area contributed by atoms with Crippen molar-refractivity contribution in [2.45, 2.75) is 0 Å². The largest absolute Gasteiger partial charge is 0.496 e. The number of hydrogen-bond donors (Lipinski definition) is 1. The Bertz CT molecular complexity index is 1310. The fourth-order valence-corrected chi connectivity index (χ4v) is 3.44. The summed E-state index contributed by atoms with van der Waals surface area (Å²) in [5.41, 5.74) is 2.32.